The van der Waals surface area contributed by atoms with Crippen LogP contribution in [0.4, 0.5) is 0 Å². The summed E-state index contributed by atoms with van der Waals surface area (Å²) in [5.41, 5.74) is -2.27. The summed E-state index contributed by atoms with van der Waals surface area (Å²) < 4.78 is 0.211. The molecule has 0 bridgehead atoms. The monoisotopic (exact) mass is 203 g/mol. The maximum absolute atomic E-state index is 10.6. The molecular weight excluding hydrogens is 204 g/mol. The van der Waals surface area contributed by atoms with Gasteiger partial charge in [-0.25, -0.2) is 9.59 Å². The van der Waals surface area contributed by atoms with E-state index in [0.717, 1.165) is 0 Å². The van der Waals surface area contributed by atoms with Gasteiger partial charge < -0.3 is 5.11 Å². The van der Waals surface area contributed by atoms with Crippen molar-refractivity contribution in [3.05, 3.63) is 21.0 Å². The van der Waals surface area contributed by atoms with Gasteiger partial charge in [0.1, 0.15) is 0 Å². The van der Waals surface area contributed by atoms with E-state index in [1.807, 2.05) is 0 Å². The van der Waals surface area contributed by atoms with Crippen LogP contribution < -0.4 is 35.3 Å². The predicted molar refractivity (Wildman–Crippen MR) is 34.7 cm³/mol. The summed E-state index contributed by atoms with van der Waals surface area (Å²) >= 11 is 10.1. The Hall–Kier alpha value is -0.413. The Morgan fingerprint density at radius 3 is 2.25 bits per heavy atom. The molecule has 0 aliphatic heterocycles. The van der Waals surface area contributed by atoms with Gasteiger partial charge in [-0.2, -0.15) is 9.07 Å². The molecule has 0 spiro atoms. The molecule has 0 unspecified atom stereocenters. The maximum atomic E-state index is 10.6. The summed E-state index contributed by atoms with van der Waals surface area (Å²) in [6.45, 7) is 0. The van der Waals surface area contributed by atoms with Crippen molar-refractivity contribution < 1.29 is 24.0 Å². The van der Waals surface area contributed by atoms with Gasteiger partial charge in [0.2, 0.25) is 0 Å². The van der Waals surface area contributed by atoms with E-state index in [-0.39, 0.29) is 27.0 Å². The van der Waals surface area contributed by atoms with Gasteiger partial charge >= 0.3 is 30.2 Å². The van der Waals surface area contributed by atoms with Crippen LogP contribution in [0.25, 0.3) is 0 Å². The number of aromatic nitrogens is 3. The third-order valence-electron chi connectivity index (χ3n) is 0.863. The Morgan fingerprint density at radius 1 is 1.25 bits per heavy atom. The molecule has 0 aromatic carbocycles. The van der Waals surface area contributed by atoms with Crippen LogP contribution in [0.2, 0.25) is 0 Å². The van der Waals surface area contributed by atoms with Crippen molar-refractivity contribution in [3.63, 3.8) is 0 Å². The van der Waals surface area contributed by atoms with Crippen LogP contribution in [0, 0.1) is 0 Å². The summed E-state index contributed by atoms with van der Waals surface area (Å²) in [4.78, 5) is 23.9. The standard InChI is InChI=1S/C3HCl2N3O3.Li/c4-7-1(9)6-2(10)8(5)3(7)11;/h(H,6,9,10);/q;+1/p-1. The van der Waals surface area contributed by atoms with Crippen LogP contribution in [-0.2, 0) is 0 Å². The topological polar surface area (TPSA) is 79.9 Å². The molecule has 9 heteroatoms. The molecule has 0 aliphatic carbocycles. The normalized spacial score (nSPS) is 9.17. The third-order valence-corrected chi connectivity index (χ3v) is 1.44. The van der Waals surface area contributed by atoms with Crippen molar-refractivity contribution in [2.75, 3.05) is 0 Å². The fourth-order valence-corrected chi connectivity index (χ4v) is 0.676. The molecule has 0 amide bonds. The zero-order valence-electron chi connectivity index (χ0n) is 5.82. The molecule has 0 N–H and O–H groups in total. The third kappa shape index (κ3) is 1.84. The zero-order valence-corrected chi connectivity index (χ0v) is 7.33. The maximum Gasteiger partial charge on any atom is 1.00 e. The van der Waals surface area contributed by atoms with Gasteiger partial charge in [0.05, 0.1) is 6.01 Å². The molecule has 0 fully saturated rings. The van der Waals surface area contributed by atoms with Crippen molar-refractivity contribution >= 4 is 23.6 Å². The minimum Gasteiger partial charge on any atom is -0.845 e. The Morgan fingerprint density at radius 2 is 1.75 bits per heavy atom. The molecule has 60 valence electrons. The summed E-state index contributed by atoms with van der Waals surface area (Å²) in [6, 6.07) is -1.14. The second kappa shape index (κ2) is 4.01. The number of hydrogen-bond donors (Lipinski definition) is 0. The van der Waals surface area contributed by atoms with E-state index in [0.29, 0.717) is 0 Å². The van der Waals surface area contributed by atoms with Crippen LogP contribution in [0.3, 0.4) is 0 Å². The average molecular weight is 204 g/mol. The van der Waals surface area contributed by atoms with Crippen LogP contribution in [-0.4, -0.2) is 13.2 Å². The largest absolute Gasteiger partial charge is 1.00 e. The van der Waals surface area contributed by atoms with Crippen LogP contribution in [0.1, 0.15) is 0 Å². The first-order chi connectivity index (χ1) is 5.04. The van der Waals surface area contributed by atoms with Crippen LogP contribution in [0.15, 0.2) is 9.59 Å². The molecule has 0 radical (unpaired) electrons. The van der Waals surface area contributed by atoms with Crippen LogP contribution in [0.5, 0.6) is 6.01 Å². The summed E-state index contributed by atoms with van der Waals surface area (Å²) in [7, 11) is 0. The van der Waals surface area contributed by atoms with Gasteiger partial charge in [-0.3, -0.25) is 0 Å². The van der Waals surface area contributed by atoms with Gasteiger partial charge in [-0.15, -0.1) is 4.09 Å². The van der Waals surface area contributed by atoms with E-state index in [9.17, 15) is 14.7 Å². The second-order valence-corrected chi connectivity index (χ2v) is 2.20. The molecule has 0 saturated carbocycles. The predicted octanol–water partition coefficient (Wildman–Crippen LogP) is -4.51. The molecule has 1 aromatic heterocycles. The summed E-state index contributed by atoms with van der Waals surface area (Å²) in [6.07, 6.45) is 0. The van der Waals surface area contributed by atoms with E-state index in [1.54, 1.807) is 0 Å². The van der Waals surface area contributed by atoms with Crippen molar-refractivity contribution in [1.29, 1.82) is 0 Å². The van der Waals surface area contributed by atoms with Crippen molar-refractivity contribution in [2.24, 2.45) is 0 Å². The molecule has 0 aliphatic rings. The van der Waals surface area contributed by atoms with Crippen molar-refractivity contribution in [3.8, 4) is 6.01 Å². The molecule has 0 atom stereocenters. The van der Waals surface area contributed by atoms with Gasteiger partial charge in [0, 0.05) is 23.6 Å². The SMILES string of the molecule is O=c1nc([O-])n(Cl)c(=O)n1Cl.[Li+]. The smallest absolute Gasteiger partial charge is 0.845 e. The molecule has 0 saturated heterocycles. The van der Waals surface area contributed by atoms with E-state index in [1.165, 1.54) is 0 Å². The number of nitrogens with zero attached hydrogens (tertiary/aromatic N) is 3. The molecule has 12 heavy (non-hydrogen) atoms. The van der Waals surface area contributed by atoms with Gasteiger partial charge in [0.15, 0.2) is 0 Å². The average Bonchev–Trinajstić information content (AvgIpc) is 1.97. The van der Waals surface area contributed by atoms with Crippen molar-refractivity contribution in [1.82, 2.24) is 13.2 Å². The molecule has 6 nitrogen and oxygen atoms in total. The van der Waals surface area contributed by atoms with Crippen LogP contribution >= 0.6 is 23.6 Å². The number of halogens is 2. The first-order valence-corrected chi connectivity index (χ1v) is 2.97. The Kier molecular flexibility index (Phi) is 3.87. The molecule has 1 aromatic rings. The second-order valence-electron chi connectivity index (χ2n) is 1.52. The fourth-order valence-electron chi connectivity index (χ4n) is 0.410. The molecule has 1 heterocycles. The minimum atomic E-state index is -1.14. The quantitative estimate of drug-likeness (QED) is 0.399. The summed E-state index contributed by atoms with van der Waals surface area (Å²) in [5.74, 6) is 0. The summed E-state index contributed by atoms with van der Waals surface area (Å²) in [5, 5.41) is 10.5. The van der Waals surface area contributed by atoms with E-state index < -0.39 is 17.4 Å². The number of hydrogen-bond acceptors (Lipinski definition) is 4. The number of rotatable bonds is 0. The fraction of sp³-hybridized carbons (Fsp3) is 0. The van der Waals surface area contributed by atoms with Crippen molar-refractivity contribution in [2.45, 2.75) is 0 Å². The van der Waals surface area contributed by atoms with E-state index in [2.05, 4.69) is 4.98 Å². The van der Waals surface area contributed by atoms with E-state index >= 15 is 0 Å². The first-order valence-electron chi connectivity index (χ1n) is 2.29. The van der Waals surface area contributed by atoms with Gasteiger partial charge in [-0.1, -0.05) is 0 Å². The Balaban J connectivity index is 0.00000121. The first kappa shape index (κ1) is 11.6. The molecular formula is C3Cl2LiN3O3. The minimum absolute atomic E-state index is 0. The van der Waals surface area contributed by atoms with E-state index in [4.69, 9.17) is 23.6 Å². The Bertz CT molecular complexity index is 399. The Labute approximate surface area is 87.8 Å². The zero-order chi connectivity index (χ0) is 8.59. The van der Waals surface area contributed by atoms with Gasteiger partial charge in [-0.05, 0) is 0 Å². The molecule has 1 rings (SSSR count). The van der Waals surface area contributed by atoms with Gasteiger partial charge in [0.25, 0.3) is 0 Å².